The van der Waals surface area contributed by atoms with Crippen LogP contribution in [0.1, 0.15) is 66.2 Å². The summed E-state index contributed by atoms with van der Waals surface area (Å²) >= 11 is 0. The maximum absolute atomic E-state index is 13.3. The molecular weight excluding hydrogens is 508 g/mol. The third kappa shape index (κ3) is 15.4. The Morgan fingerprint density at radius 1 is 0.769 bits per heavy atom. The predicted octanol–water partition coefficient (Wildman–Crippen LogP) is -1.95. The Kier molecular flexibility index (Phi) is 16.9. The van der Waals surface area contributed by atoms with E-state index in [-0.39, 0.29) is 43.1 Å². The summed E-state index contributed by atoms with van der Waals surface area (Å²) in [6, 6.07) is -4.09. The van der Waals surface area contributed by atoms with E-state index in [1.807, 2.05) is 20.8 Å². The molecule has 0 rings (SSSR count). The average Bonchev–Trinajstić information content (AvgIpc) is 2.84. The van der Waals surface area contributed by atoms with E-state index < -0.39 is 47.9 Å². The van der Waals surface area contributed by atoms with Gasteiger partial charge in [-0.3, -0.25) is 24.4 Å². The number of aliphatic imine (C=N–C) groups is 2. The van der Waals surface area contributed by atoms with Crippen molar-refractivity contribution in [2.45, 2.75) is 90.4 Å². The predicted molar refractivity (Wildman–Crippen MR) is 150 cm³/mol. The molecule has 3 amide bonds. The molecule has 0 fully saturated rings. The van der Waals surface area contributed by atoms with Crippen molar-refractivity contribution < 1.29 is 24.3 Å². The van der Waals surface area contributed by atoms with Gasteiger partial charge in [-0.05, 0) is 43.9 Å². The van der Waals surface area contributed by atoms with Crippen LogP contribution >= 0.6 is 0 Å². The highest BCUT2D eigenvalue weighted by Crippen LogP contribution is 2.11. The van der Waals surface area contributed by atoms with Gasteiger partial charge in [0, 0.05) is 13.1 Å². The molecule has 0 aromatic carbocycles. The Morgan fingerprint density at radius 2 is 1.26 bits per heavy atom. The van der Waals surface area contributed by atoms with Gasteiger partial charge in [-0.15, -0.1) is 0 Å². The largest absolute Gasteiger partial charge is 0.480 e. The standard InChI is InChI=1S/C24H48N10O5/c1-5-14(4)18(22(38)39)34-20(36)16(9-7-11-31-24(28)29)32-21(37)17(12-13(2)3)33-19(35)15(25)8-6-10-30-23(26)27/h13-18H,5-12,25H2,1-4H3,(H,32,37)(H,33,35)(H,34,36)(H,38,39)(H4,26,27,30)(H4,28,29,31). The van der Waals surface area contributed by atoms with Gasteiger partial charge < -0.3 is 49.7 Å². The summed E-state index contributed by atoms with van der Waals surface area (Å²) in [6.45, 7) is 7.79. The van der Waals surface area contributed by atoms with E-state index in [9.17, 15) is 24.3 Å². The lowest BCUT2D eigenvalue weighted by molar-refractivity contribution is -0.144. The number of amides is 3. The van der Waals surface area contributed by atoms with Crippen LogP contribution in [0.3, 0.4) is 0 Å². The van der Waals surface area contributed by atoms with Gasteiger partial charge in [0.2, 0.25) is 17.7 Å². The van der Waals surface area contributed by atoms with Gasteiger partial charge in [0.1, 0.15) is 18.1 Å². The summed E-state index contributed by atoms with van der Waals surface area (Å²) in [7, 11) is 0. The first kappa shape index (κ1) is 35.4. The molecule has 15 heteroatoms. The van der Waals surface area contributed by atoms with Gasteiger partial charge in [-0.25, -0.2) is 4.79 Å². The molecule has 0 saturated heterocycles. The molecule has 0 radical (unpaired) electrons. The zero-order chi connectivity index (χ0) is 30.1. The first-order valence-corrected chi connectivity index (χ1v) is 13.2. The Morgan fingerprint density at radius 3 is 1.72 bits per heavy atom. The Balaban J connectivity index is 5.60. The van der Waals surface area contributed by atoms with Crippen LogP contribution in [0.2, 0.25) is 0 Å². The van der Waals surface area contributed by atoms with E-state index in [1.165, 1.54) is 0 Å². The lowest BCUT2D eigenvalue weighted by Gasteiger charge is -2.27. The summed E-state index contributed by atoms with van der Waals surface area (Å²) < 4.78 is 0. The van der Waals surface area contributed by atoms with Crippen molar-refractivity contribution in [3.63, 3.8) is 0 Å². The van der Waals surface area contributed by atoms with Gasteiger partial charge in [-0.2, -0.15) is 0 Å². The summed E-state index contributed by atoms with van der Waals surface area (Å²) in [5.41, 5.74) is 27.3. The molecule has 224 valence electrons. The molecule has 5 atom stereocenters. The monoisotopic (exact) mass is 556 g/mol. The van der Waals surface area contributed by atoms with Crippen molar-refractivity contribution in [2.75, 3.05) is 13.1 Å². The first-order valence-electron chi connectivity index (χ1n) is 13.2. The molecule has 0 spiro atoms. The van der Waals surface area contributed by atoms with Gasteiger partial charge >= 0.3 is 5.97 Å². The van der Waals surface area contributed by atoms with Crippen LogP contribution in [0.5, 0.6) is 0 Å². The summed E-state index contributed by atoms with van der Waals surface area (Å²) in [4.78, 5) is 58.5. The van der Waals surface area contributed by atoms with Crippen molar-refractivity contribution in [1.82, 2.24) is 16.0 Å². The molecule has 0 saturated carbocycles. The summed E-state index contributed by atoms with van der Waals surface area (Å²) in [5, 5.41) is 17.4. The molecule has 0 bridgehead atoms. The quantitative estimate of drug-likeness (QED) is 0.0481. The minimum absolute atomic E-state index is 0.0232. The number of guanidine groups is 2. The normalized spacial score (nSPS) is 14.7. The van der Waals surface area contributed by atoms with Gasteiger partial charge in [0.05, 0.1) is 6.04 Å². The van der Waals surface area contributed by atoms with Crippen molar-refractivity contribution in [1.29, 1.82) is 0 Å². The lowest BCUT2D eigenvalue weighted by Crippen LogP contribution is -2.58. The van der Waals surface area contributed by atoms with E-state index >= 15 is 0 Å². The topological polar surface area (TPSA) is 279 Å². The van der Waals surface area contributed by atoms with Crippen molar-refractivity contribution in [3.8, 4) is 0 Å². The molecule has 15 nitrogen and oxygen atoms in total. The molecule has 0 aliphatic heterocycles. The number of carbonyl (C=O) groups excluding carboxylic acids is 3. The van der Waals surface area contributed by atoms with Crippen LogP contribution in [-0.4, -0.2) is 78.0 Å². The summed E-state index contributed by atoms with van der Waals surface area (Å²) in [6.07, 6.45) is 2.03. The zero-order valence-corrected chi connectivity index (χ0v) is 23.5. The first-order chi connectivity index (χ1) is 18.2. The molecule has 5 unspecified atom stereocenters. The number of carboxylic acid groups (broad SMARTS) is 1. The molecule has 0 heterocycles. The molecule has 14 N–H and O–H groups in total. The van der Waals surface area contributed by atoms with Gasteiger partial charge in [0.15, 0.2) is 11.9 Å². The maximum atomic E-state index is 13.3. The third-order valence-corrected chi connectivity index (χ3v) is 6.00. The second-order valence-electron chi connectivity index (χ2n) is 9.97. The second kappa shape index (κ2) is 18.6. The number of nitrogens with one attached hydrogen (secondary N) is 3. The average molecular weight is 557 g/mol. The molecular formula is C24H48N10O5. The fraction of sp³-hybridized carbons (Fsp3) is 0.750. The number of nitrogens with zero attached hydrogens (tertiary/aromatic N) is 2. The Hall–Kier alpha value is -3.62. The number of carbonyl (C=O) groups is 4. The molecule has 0 aromatic rings. The Bertz CT molecular complexity index is 856. The van der Waals surface area contributed by atoms with Crippen LogP contribution < -0.4 is 44.6 Å². The smallest absolute Gasteiger partial charge is 0.326 e. The fourth-order valence-electron chi connectivity index (χ4n) is 3.61. The summed E-state index contributed by atoms with van der Waals surface area (Å²) in [5.74, 6) is -3.46. The van der Waals surface area contributed by atoms with E-state index in [0.29, 0.717) is 32.2 Å². The third-order valence-electron chi connectivity index (χ3n) is 6.00. The Labute approximate surface area is 230 Å². The maximum Gasteiger partial charge on any atom is 0.326 e. The zero-order valence-electron chi connectivity index (χ0n) is 23.5. The molecule has 0 aliphatic carbocycles. The van der Waals surface area contributed by atoms with Crippen LogP contribution in [0.25, 0.3) is 0 Å². The molecule has 0 aliphatic rings. The van der Waals surface area contributed by atoms with E-state index in [1.54, 1.807) is 6.92 Å². The van der Waals surface area contributed by atoms with Gasteiger partial charge in [0.25, 0.3) is 0 Å². The van der Waals surface area contributed by atoms with E-state index in [4.69, 9.17) is 28.7 Å². The van der Waals surface area contributed by atoms with E-state index in [2.05, 4.69) is 25.9 Å². The van der Waals surface area contributed by atoms with Gasteiger partial charge in [-0.1, -0.05) is 34.1 Å². The minimum Gasteiger partial charge on any atom is -0.480 e. The van der Waals surface area contributed by atoms with E-state index in [0.717, 1.165) is 0 Å². The van der Waals surface area contributed by atoms with Crippen LogP contribution in [0, 0.1) is 11.8 Å². The number of carboxylic acids is 1. The van der Waals surface area contributed by atoms with Crippen molar-refractivity contribution >= 4 is 35.6 Å². The SMILES string of the molecule is CCC(C)C(NC(=O)C(CCCN=C(N)N)NC(=O)C(CC(C)C)NC(=O)C(N)CCCN=C(N)N)C(=O)O. The highest BCUT2D eigenvalue weighted by molar-refractivity contribution is 5.94. The second-order valence-corrected chi connectivity index (χ2v) is 9.97. The number of rotatable bonds is 19. The number of hydrogen-bond acceptors (Lipinski definition) is 7. The number of nitrogens with two attached hydrogens (primary N) is 5. The highest BCUT2D eigenvalue weighted by atomic mass is 16.4. The molecule has 0 aromatic heterocycles. The fourth-order valence-corrected chi connectivity index (χ4v) is 3.61. The van der Waals surface area contributed by atoms with Crippen LogP contribution in [0.15, 0.2) is 9.98 Å². The van der Waals surface area contributed by atoms with Crippen LogP contribution in [-0.2, 0) is 19.2 Å². The van der Waals surface area contributed by atoms with Crippen molar-refractivity contribution in [2.24, 2.45) is 50.5 Å². The lowest BCUT2D eigenvalue weighted by atomic mass is 9.98. The van der Waals surface area contributed by atoms with Crippen LogP contribution in [0.4, 0.5) is 0 Å². The number of aliphatic carboxylic acids is 1. The highest BCUT2D eigenvalue weighted by Gasteiger charge is 2.32. The number of hydrogen-bond donors (Lipinski definition) is 9. The molecule has 39 heavy (non-hydrogen) atoms. The minimum atomic E-state index is -1.18. The van der Waals surface area contributed by atoms with Crippen molar-refractivity contribution in [3.05, 3.63) is 0 Å².